The summed E-state index contributed by atoms with van der Waals surface area (Å²) in [6.07, 6.45) is -4.22. The maximum atomic E-state index is 12.2. The number of rotatable bonds is 2. The van der Waals surface area contributed by atoms with E-state index in [1.165, 1.54) is 6.07 Å². The third-order valence-electron chi connectivity index (χ3n) is 1.81. The van der Waals surface area contributed by atoms with Crippen molar-refractivity contribution in [3.8, 4) is 0 Å². The standard InChI is InChI=1S/C8H10F3NS/c1-5(12-2)7-3-6(4-13-7)8(9,10)11/h3-5,12H,1-2H3/t5-/m1/s1. The fourth-order valence-electron chi connectivity index (χ4n) is 0.871. The molecule has 1 aromatic rings. The Morgan fingerprint density at radius 3 is 2.46 bits per heavy atom. The van der Waals surface area contributed by atoms with E-state index in [4.69, 9.17) is 0 Å². The predicted octanol–water partition coefficient (Wildman–Crippen LogP) is 3.05. The molecule has 0 fully saturated rings. The van der Waals surface area contributed by atoms with Gasteiger partial charge in [0.15, 0.2) is 0 Å². The van der Waals surface area contributed by atoms with Gasteiger partial charge < -0.3 is 5.32 Å². The zero-order valence-corrected chi connectivity index (χ0v) is 8.09. The Morgan fingerprint density at radius 1 is 1.46 bits per heavy atom. The minimum atomic E-state index is -4.22. The third kappa shape index (κ3) is 2.45. The Bertz CT molecular complexity index is 279. The second-order valence-electron chi connectivity index (χ2n) is 2.75. The topological polar surface area (TPSA) is 12.0 Å². The molecule has 0 bridgehead atoms. The zero-order valence-electron chi connectivity index (χ0n) is 7.27. The lowest BCUT2D eigenvalue weighted by Gasteiger charge is -2.06. The normalized spacial score (nSPS) is 14.5. The molecule has 1 nitrogen and oxygen atoms in total. The van der Waals surface area contributed by atoms with Gasteiger partial charge in [-0.3, -0.25) is 0 Å². The first-order valence-electron chi connectivity index (χ1n) is 3.78. The summed E-state index contributed by atoms with van der Waals surface area (Å²) in [5, 5.41) is 4.03. The quantitative estimate of drug-likeness (QED) is 0.789. The molecule has 0 radical (unpaired) electrons. The average molecular weight is 209 g/mol. The van der Waals surface area contributed by atoms with Crippen molar-refractivity contribution in [1.82, 2.24) is 5.32 Å². The lowest BCUT2D eigenvalue weighted by atomic mass is 10.2. The van der Waals surface area contributed by atoms with Gasteiger partial charge in [-0.15, -0.1) is 11.3 Å². The van der Waals surface area contributed by atoms with E-state index in [1.807, 2.05) is 6.92 Å². The number of alkyl halides is 3. The molecule has 0 aliphatic heterocycles. The maximum Gasteiger partial charge on any atom is 0.417 e. The molecule has 1 atom stereocenters. The van der Waals surface area contributed by atoms with E-state index in [9.17, 15) is 13.2 Å². The highest BCUT2D eigenvalue weighted by Crippen LogP contribution is 2.34. The van der Waals surface area contributed by atoms with Gasteiger partial charge in [-0.2, -0.15) is 13.2 Å². The van der Waals surface area contributed by atoms with E-state index < -0.39 is 11.7 Å². The summed E-state index contributed by atoms with van der Waals surface area (Å²) in [5.74, 6) is 0. The number of halogens is 3. The Kier molecular flexibility index (Phi) is 2.98. The first-order valence-corrected chi connectivity index (χ1v) is 4.66. The fourth-order valence-corrected chi connectivity index (χ4v) is 1.85. The molecule has 0 saturated heterocycles. The Hall–Kier alpha value is -0.550. The van der Waals surface area contributed by atoms with Gasteiger partial charge in [0.25, 0.3) is 0 Å². The highest BCUT2D eigenvalue weighted by Gasteiger charge is 2.31. The Morgan fingerprint density at radius 2 is 2.08 bits per heavy atom. The van der Waals surface area contributed by atoms with Crippen LogP contribution in [0.2, 0.25) is 0 Å². The highest BCUT2D eigenvalue weighted by atomic mass is 32.1. The molecule has 0 aromatic carbocycles. The van der Waals surface area contributed by atoms with Crippen LogP contribution in [0, 0.1) is 0 Å². The van der Waals surface area contributed by atoms with Gasteiger partial charge in [0.2, 0.25) is 0 Å². The van der Waals surface area contributed by atoms with Gasteiger partial charge in [0.05, 0.1) is 5.56 Å². The minimum absolute atomic E-state index is 0.0268. The molecule has 74 valence electrons. The molecule has 0 saturated carbocycles. The van der Waals surface area contributed by atoms with Crippen molar-refractivity contribution in [3.05, 3.63) is 21.9 Å². The van der Waals surface area contributed by atoms with Gasteiger partial charge in [0.1, 0.15) is 0 Å². The van der Waals surface area contributed by atoms with Gasteiger partial charge in [-0.05, 0) is 20.0 Å². The zero-order chi connectivity index (χ0) is 10.1. The van der Waals surface area contributed by atoms with Crippen LogP contribution in [0.3, 0.4) is 0 Å². The molecule has 0 aliphatic rings. The van der Waals surface area contributed by atoms with Crippen LogP contribution in [-0.4, -0.2) is 7.05 Å². The maximum absolute atomic E-state index is 12.2. The molecule has 0 aliphatic carbocycles. The van der Waals surface area contributed by atoms with E-state index in [2.05, 4.69) is 5.32 Å². The van der Waals surface area contributed by atoms with E-state index >= 15 is 0 Å². The van der Waals surface area contributed by atoms with Crippen LogP contribution in [0.15, 0.2) is 11.4 Å². The molecule has 1 N–H and O–H groups in total. The van der Waals surface area contributed by atoms with Crippen molar-refractivity contribution in [2.75, 3.05) is 7.05 Å². The highest BCUT2D eigenvalue weighted by molar-refractivity contribution is 7.10. The molecule has 1 rings (SSSR count). The molecule has 0 unspecified atom stereocenters. The summed E-state index contributed by atoms with van der Waals surface area (Å²) in [5.41, 5.74) is -0.561. The first-order chi connectivity index (χ1) is 5.95. The fraction of sp³-hybridized carbons (Fsp3) is 0.500. The summed E-state index contributed by atoms with van der Waals surface area (Å²) in [4.78, 5) is 0.704. The summed E-state index contributed by atoms with van der Waals surface area (Å²) in [6, 6.07) is 1.16. The second-order valence-corrected chi connectivity index (χ2v) is 3.69. The van der Waals surface area contributed by atoms with Gasteiger partial charge in [0, 0.05) is 16.3 Å². The molecule has 1 heterocycles. The smallest absolute Gasteiger partial charge is 0.313 e. The van der Waals surface area contributed by atoms with Crippen LogP contribution < -0.4 is 5.32 Å². The number of thiophene rings is 1. The third-order valence-corrected chi connectivity index (χ3v) is 2.92. The summed E-state index contributed by atoms with van der Waals surface area (Å²) in [7, 11) is 1.72. The van der Waals surface area contributed by atoms with E-state index in [0.29, 0.717) is 4.88 Å². The molecular formula is C8H10F3NS. The predicted molar refractivity (Wildman–Crippen MR) is 46.8 cm³/mol. The number of nitrogens with one attached hydrogen (secondary N) is 1. The van der Waals surface area contributed by atoms with Crippen molar-refractivity contribution in [3.63, 3.8) is 0 Å². The second kappa shape index (κ2) is 3.67. The SMILES string of the molecule is CN[C@H](C)c1cc(C(F)(F)F)cs1. The van der Waals surface area contributed by atoms with Crippen molar-refractivity contribution < 1.29 is 13.2 Å². The number of hydrogen-bond acceptors (Lipinski definition) is 2. The van der Waals surface area contributed by atoms with Crippen molar-refractivity contribution in [2.45, 2.75) is 19.1 Å². The average Bonchev–Trinajstić information content (AvgIpc) is 2.50. The van der Waals surface area contributed by atoms with Crippen LogP contribution in [0.1, 0.15) is 23.4 Å². The van der Waals surface area contributed by atoms with Crippen molar-refractivity contribution in [1.29, 1.82) is 0 Å². The van der Waals surface area contributed by atoms with E-state index in [-0.39, 0.29) is 6.04 Å². The Balaban J connectivity index is 2.87. The largest absolute Gasteiger partial charge is 0.417 e. The van der Waals surface area contributed by atoms with E-state index in [0.717, 1.165) is 16.7 Å². The summed E-state index contributed by atoms with van der Waals surface area (Å²) >= 11 is 1.13. The van der Waals surface area contributed by atoms with Gasteiger partial charge in [-0.1, -0.05) is 0 Å². The van der Waals surface area contributed by atoms with Gasteiger partial charge >= 0.3 is 6.18 Å². The van der Waals surface area contributed by atoms with Gasteiger partial charge in [-0.25, -0.2) is 0 Å². The molecule has 13 heavy (non-hydrogen) atoms. The molecular weight excluding hydrogens is 199 g/mol. The first kappa shape index (κ1) is 10.5. The van der Waals surface area contributed by atoms with Crippen LogP contribution >= 0.6 is 11.3 Å². The van der Waals surface area contributed by atoms with E-state index in [1.54, 1.807) is 7.05 Å². The lowest BCUT2D eigenvalue weighted by molar-refractivity contribution is -0.137. The van der Waals surface area contributed by atoms with Crippen LogP contribution in [0.5, 0.6) is 0 Å². The minimum Gasteiger partial charge on any atom is -0.313 e. The van der Waals surface area contributed by atoms with Crippen LogP contribution in [0.4, 0.5) is 13.2 Å². The monoisotopic (exact) mass is 209 g/mol. The molecule has 0 amide bonds. The lowest BCUT2D eigenvalue weighted by Crippen LogP contribution is -2.11. The summed E-state index contributed by atoms with van der Waals surface area (Å²) in [6.45, 7) is 1.83. The van der Waals surface area contributed by atoms with Crippen molar-refractivity contribution >= 4 is 11.3 Å². The molecule has 5 heteroatoms. The molecule has 1 aromatic heterocycles. The van der Waals surface area contributed by atoms with Crippen LogP contribution in [0.25, 0.3) is 0 Å². The summed E-state index contributed by atoms with van der Waals surface area (Å²) < 4.78 is 36.5. The molecule has 0 spiro atoms. The van der Waals surface area contributed by atoms with Crippen LogP contribution in [-0.2, 0) is 6.18 Å². The number of hydrogen-bond donors (Lipinski definition) is 1. The Labute approximate surface area is 78.6 Å². The van der Waals surface area contributed by atoms with Crippen molar-refractivity contribution in [2.24, 2.45) is 0 Å².